The maximum Gasteiger partial charge on any atom is 0.192 e. The fourth-order valence-corrected chi connectivity index (χ4v) is 7.44. The molecule has 0 N–H and O–H groups in total. The minimum Gasteiger partial charge on any atom is -0.417 e. The highest BCUT2D eigenvalue weighted by Gasteiger charge is 2.38. The van der Waals surface area contributed by atoms with Crippen LogP contribution in [0.15, 0.2) is 0 Å². The van der Waals surface area contributed by atoms with Crippen molar-refractivity contribution >= 4 is 8.32 Å². The van der Waals surface area contributed by atoms with Crippen LogP contribution in [-0.2, 0) is 4.43 Å². The second-order valence-electron chi connectivity index (χ2n) is 8.04. The van der Waals surface area contributed by atoms with Crippen molar-refractivity contribution in [2.45, 2.75) is 45.3 Å². The van der Waals surface area contributed by atoms with Gasteiger partial charge in [0.25, 0.3) is 0 Å². The molecule has 0 heterocycles. The van der Waals surface area contributed by atoms with E-state index in [9.17, 15) is 0 Å². The molecule has 5 heteroatoms. The van der Waals surface area contributed by atoms with Gasteiger partial charge in [0.05, 0.1) is 0 Å². The first kappa shape index (κ1) is 23.1. The average molecular weight is 346 g/mol. The van der Waals surface area contributed by atoms with E-state index in [1.54, 1.807) is 0 Å². The maximum atomic E-state index is 6.34. The van der Waals surface area contributed by atoms with E-state index in [1.165, 1.54) is 24.6 Å². The van der Waals surface area contributed by atoms with E-state index in [0.717, 1.165) is 26.2 Å². The molecule has 0 bridgehead atoms. The number of rotatable bonds is 13. The molecule has 0 aromatic carbocycles. The summed E-state index contributed by atoms with van der Waals surface area (Å²) in [6.45, 7) is 11.1. The molecule has 0 aliphatic carbocycles. The highest BCUT2D eigenvalue weighted by molar-refractivity contribution is 6.73. The Morgan fingerprint density at radius 2 is 1.13 bits per heavy atom. The van der Waals surface area contributed by atoms with E-state index in [0.29, 0.717) is 5.41 Å². The summed E-state index contributed by atoms with van der Waals surface area (Å²) in [5.41, 5.74) is 0.302. The summed E-state index contributed by atoms with van der Waals surface area (Å²) in [5.74, 6) is 0. The predicted octanol–water partition coefficient (Wildman–Crippen LogP) is 3.07. The van der Waals surface area contributed by atoms with Crippen LogP contribution >= 0.6 is 0 Å². The molecular weight excluding hydrogens is 302 g/mol. The molecule has 0 aromatic heterocycles. The number of nitrogens with zero attached hydrogens (tertiary/aromatic N) is 3. The standard InChI is InChI=1S/C18H43N3OSi/c1-10-22-23(11-2,12-3)14-13-18(15-19(4)5,16-20(6)7)17-21(8)9/h10-17H2,1-9H3. The van der Waals surface area contributed by atoms with Gasteiger partial charge < -0.3 is 19.1 Å². The van der Waals surface area contributed by atoms with E-state index >= 15 is 0 Å². The van der Waals surface area contributed by atoms with Gasteiger partial charge in [-0.15, -0.1) is 0 Å². The van der Waals surface area contributed by atoms with Crippen LogP contribution < -0.4 is 0 Å². The highest BCUT2D eigenvalue weighted by Crippen LogP contribution is 2.33. The molecule has 0 aliphatic heterocycles. The second kappa shape index (κ2) is 10.8. The van der Waals surface area contributed by atoms with Gasteiger partial charge in [0.2, 0.25) is 0 Å². The van der Waals surface area contributed by atoms with Gasteiger partial charge in [0.1, 0.15) is 0 Å². The highest BCUT2D eigenvalue weighted by atomic mass is 28.4. The number of hydrogen-bond acceptors (Lipinski definition) is 4. The van der Waals surface area contributed by atoms with Gasteiger partial charge in [0.15, 0.2) is 8.32 Å². The lowest BCUT2D eigenvalue weighted by atomic mass is 9.83. The van der Waals surface area contributed by atoms with Gasteiger partial charge in [-0.1, -0.05) is 13.8 Å². The molecular formula is C18H43N3OSi. The fraction of sp³-hybridized carbons (Fsp3) is 1.00. The van der Waals surface area contributed by atoms with Crippen molar-refractivity contribution in [2.24, 2.45) is 5.41 Å². The van der Waals surface area contributed by atoms with Gasteiger partial charge in [0, 0.05) is 31.7 Å². The van der Waals surface area contributed by atoms with E-state index < -0.39 is 8.32 Å². The Labute approximate surface area is 147 Å². The third-order valence-corrected chi connectivity index (χ3v) is 9.44. The molecule has 0 atom stereocenters. The molecule has 0 amide bonds. The topological polar surface area (TPSA) is 19.0 Å². The summed E-state index contributed by atoms with van der Waals surface area (Å²) in [4.78, 5) is 7.07. The summed E-state index contributed by atoms with van der Waals surface area (Å²) in [6.07, 6.45) is 1.26. The SMILES string of the molecule is CCO[Si](CC)(CC)CCC(CN(C)C)(CN(C)C)CN(C)C. The minimum absolute atomic E-state index is 0.302. The van der Waals surface area contributed by atoms with Crippen molar-refractivity contribution in [2.75, 3.05) is 68.5 Å². The van der Waals surface area contributed by atoms with E-state index in [2.05, 4.69) is 77.8 Å². The summed E-state index contributed by atoms with van der Waals surface area (Å²) in [6, 6.07) is 3.75. The molecule has 0 radical (unpaired) electrons. The average Bonchev–Trinajstić information content (AvgIpc) is 2.41. The second-order valence-corrected chi connectivity index (χ2v) is 12.6. The predicted molar refractivity (Wildman–Crippen MR) is 106 cm³/mol. The van der Waals surface area contributed by atoms with Crippen LogP contribution in [0, 0.1) is 5.41 Å². The van der Waals surface area contributed by atoms with Crippen molar-refractivity contribution in [1.29, 1.82) is 0 Å². The van der Waals surface area contributed by atoms with E-state index in [1.807, 2.05) is 0 Å². The lowest BCUT2D eigenvalue weighted by Crippen LogP contribution is -2.49. The zero-order valence-electron chi connectivity index (χ0n) is 17.4. The Bertz CT molecular complexity index is 278. The largest absolute Gasteiger partial charge is 0.417 e. The zero-order valence-corrected chi connectivity index (χ0v) is 18.4. The van der Waals surface area contributed by atoms with Crippen LogP contribution in [0.1, 0.15) is 27.2 Å². The van der Waals surface area contributed by atoms with Crippen LogP contribution in [0.2, 0.25) is 18.1 Å². The van der Waals surface area contributed by atoms with E-state index in [-0.39, 0.29) is 0 Å². The first-order chi connectivity index (χ1) is 10.6. The van der Waals surface area contributed by atoms with Crippen LogP contribution in [0.25, 0.3) is 0 Å². The van der Waals surface area contributed by atoms with Gasteiger partial charge in [-0.3, -0.25) is 0 Å². The smallest absolute Gasteiger partial charge is 0.192 e. The van der Waals surface area contributed by atoms with Crippen LogP contribution in [0.3, 0.4) is 0 Å². The van der Waals surface area contributed by atoms with Crippen LogP contribution in [0.5, 0.6) is 0 Å². The van der Waals surface area contributed by atoms with Gasteiger partial charge in [-0.25, -0.2) is 0 Å². The summed E-state index contributed by atoms with van der Waals surface area (Å²) in [5, 5.41) is 0. The molecule has 0 unspecified atom stereocenters. The lowest BCUT2D eigenvalue weighted by molar-refractivity contribution is 0.0990. The third kappa shape index (κ3) is 8.63. The monoisotopic (exact) mass is 345 g/mol. The zero-order chi connectivity index (χ0) is 18.1. The molecule has 0 aromatic rings. The minimum atomic E-state index is -1.56. The lowest BCUT2D eigenvalue weighted by Gasteiger charge is -2.42. The Morgan fingerprint density at radius 3 is 1.39 bits per heavy atom. The van der Waals surface area contributed by atoms with Crippen molar-refractivity contribution in [3.63, 3.8) is 0 Å². The Hall–Kier alpha value is 0.0569. The fourth-order valence-electron chi connectivity index (χ4n) is 4.08. The summed E-state index contributed by atoms with van der Waals surface area (Å²) in [7, 11) is 11.6. The van der Waals surface area contributed by atoms with Crippen molar-refractivity contribution in [1.82, 2.24) is 14.7 Å². The van der Waals surface area contributed by atoms with E-state index in [4.69, 9.17) is 4.43 Å². The molecule has 0 spiro atoms. The molecule has 0 saturated heterocycles. The number of hydrogen-bond donors (Lipinski definition) is 0. The summed E-state index contributed by atoms with van der Waals surface area (Å²) < 4.78 is 6.34. The van der Waals surface area contributed by atoms with Crippen LogP contribution in [0.4, 0.5) is 0 Å². The normalized spacial score (nSPS) is 13.6. The molecule has 0 aliphatic rings. The Kier molecular flexibility index (Phi) is 10.9. The molecule has 0 fully saturated rings. The van der Waals surface area contributed by atoms with Gasteiger partial charge >= 0.3 is 0 Å². The van der Waals surface area contributed by atoms with Crippen molar-refractivity contribution in [3.8, 4) is 0 Å². The Balaban J connectivity index is 5.30. The summed E-state index contributed by atoms with van der Waals surface area (Å²) >= 11 is 0. The van der Waals surface area contributed by atoms with Gasteiger partial charge in [-0.2, -0.15) is 0 Å². The van der Waals surface area contributed by atoms with Crippen molar-refractivity contribution in [3.05, 3.63) is 0 Å². The molecule has 140 valence electrons. The first-order valence-corrected chi connectivity index (χ1v) is 11.8. The van der Waals surface area contributed by atoms with Gasteiger partial charge in [-0.05, 0) is 73.8 Å². The quantitative estimate of drug-likeness (QED) is 0.478. The first-order valence-electron chi connectivity index (χ1n) is 9.22. The maximum absolute atomic E-state index is 6.34. The molecule has 23 heavy (non-hydrogen) atoms. The third-order valence-electron chi connectivity index (χ3n) is 4.81. The molecule has 4 nitrogen and oxygen atoms in total. The molecule has 0 saturated carbocycles. The molecule has 0 rings (SSSR count). The Morgan fingerprint density at radius 1 is 0.739 bits per heavy atom. The van der Waals surface area contributed by atoms with Crippen molar-refractivity contribution < 1.29 is 4.43 Å². The van der Waals surface area contributed by atoms with Crippen LogP contribution in [-0.4, -0.2) is 91.5 Å².